The predicted molar refractivity (Wildman–Crippen MR) is 90.6 cm³/mol. The maximum Gasteiger partial charge on any atom is 0.345 e. The number of fused-ring (bicyclic) bond motifs is 1. The number of rotatable bonds is 3. The van der Waals surface area contributed by atoms with E-state index in [1.807, 2.05) is 6.07 Å². The molecule has 0 bridgehead atoms. The maximum atomic E-state index is 12.1. The molecular weight excluding hydrogens is 330 g/mol. The van der Waals surface area contributed by atoms with Crippen molar-refractivity contribution in [2.24, 2.45) is 4.99 Å². The minimum atomic E-state index is -4.41. The summed E-state index contributed by atoms with van der Waals surface area (Å²) < 4.78 is 37.4. The topological polar surface area (TPSA) is 96.9 Å². The molecule has 24 heavy (non-hydrogen) atoms. The molecule has 122 valence electrons. The van der Waals surface area contributed by atoms with Crippen LogP contribution in [0.1, 0.15) is 12.5 Å². The summed E-state index contributed by atoms with van der Waals surface area (Å²) in [6.45, 7) is 1.57. The Morgan fingerprint density at radius 2 is 1.75 bits per heavy atom. The van der Waals surface area contributed by atoms with Crippen molar-refractivity contribution in [2.75, 3.05) is 0 Å². The average molecular weight is 343 g/mol. The second-order valence-corrected chi connectivity index (χ2v) is 6.52. The monoisotopic (exact) mass is 343 g/mol. The summed E-state index contributed by atoms with van der Waals surface area (Å²) >= 11 is 0. The van der Waals surface area contributed by atoms with Gasteiger partial charge in [0.2, 0.25) is 0 Å². The first-order chi connectivity index (χ1) is 11.4. The van der Waals surface area contributed by atoms with Crippen molar-refractivity contribution >= 4 is 32.5 Å². The van der Waals surface area contributed by atoms with Crippen LogP contribution in [0.2, 0.25) is 0 Å². The van der Waals surface area contributed by atoms with E-state index in [9.17, 15) is 17.8 Å². The quantitative estimate of drug-likeness (QED) is 0.447. The molecule has 0 unspecified atom stereocenters. The molecule has 0 saturated heterocycles. The van der Waals surface area contributed by atoms with Crippen LogP contribution in [0.5, 0.6) is 0 Å². The standard InChI is InChI=1S/C17H13NO5S/c1-11(18-14-7-3-5-9-16(14)24(20,21)22)13-10-12-6-2-4-8-15(12)23-17(13)19/h2-10H,1H3,(H,20,21,22). The summed E-state index contributed by atoms with van der Waals surface area (Å²) in [5.41, 5.74) is 0.436. The fourth-order valence-electron chi connectivity index (χ4n) is 2.32. The molecule has 1 N–H and O–H groups in total. The molecule has 7 heteroatoms. The smallest absolute Gasteiger partial charge is 0.345 e. The minimum absolute atomic E-state index is 0.0464. The van der Waals surface area contributed by atoms with E-state index in [4.69, 9.17) is 4.42 Å². The Bertz CT molecular complexity index is 1110. The van der Waals surface area contributed by atoms with E-state index >= 15 is 0 Å². The zero-order valence-electron chi connectivity index (χ0n) is 12.6. The minimum Gasteiger partial charge on any atom is -0.422 e. The molecule has 0 radical (unpaired) electrons. The second kappa shape index (κ2) is 6.03. The van der Waals surface area contributed by atoms with Gasteiger partial charge in [-0.2, -0.15) is 8.42 Å². The van der Waals surface area contributed by atoms with Crippen LogP contribution in [0.3, 0.4) is 0 Å². The fourth-order valence-corrected chi connectivity index (χ4v) is 2.95. The second-order valence-electron chi connectivity index (χ2n) is 5.13. The lowest BCUT2D eigenvalue weighted by atomic mass is 10.1. The molecule has 0 aliphatic heterocycles. The molecule has 3 aromatic rings. The lowest BCUT2D eigenvalue weighted by Gasteiger charge is -2.05. The SMILES string of the molecule is CC(=Nc1ccccc1S(=O)(=O)O)c1cc2ccccc2oc1=O. The third-order valence-corrected chi connectivity index (χ3v) is 4.36. The highest BCUT2D eigenvalue weighted by molar-refractivity contribution is 7.86. The maximum absolute atomic E-state index is 12.1. The van der Waals surface area contributed by atoms with Crippen LogP contribution in [0.25, 0.3) is 11.0 Å². The van der Waals surface area contributed by atoms with E-state index in [-0.39, 0.29) is 21.9 Å². The first kappa shape index (κ1) is 16.1. The van der Waals surface area contributed by atoms with Crippen molar-refractivity contribution < 1.29 is 17.4 Å². The molecule has 2 aromatic carbocycles. The van der Waals surface area contributed by atoms with Gasteiger partial charge in [-0.3, -0.25) is 9.55 Å². The van der Waals surface area contributed by atoms with Gasteiger partial charge in [-0.15, -0.1) is 0 Å². The van der Waals surface area contributed by atoms with Gasteiger partial charge < -0.3 is 4.42 Å². The Balaban J connectivity index is 2.17. The largest absolute Gasteiger partial charge is 0.422 e. The summed E-state index contributed by atoms with van der Waals surface area (Å²) in [5.74, 6) is 0. The van der Waals surface area contributed by atoms with E-state index in [0.717, 1.165) is 5.39 Å². The summed E-state index contributed by atoms with van der Waals surface area (Å²) in [6.07, 6.45) is 0. The Morgan fingerprint density at radius 3 is 2.50 bits per heavy atom. The average Bonchev–Trinajstić information content (AvgIpc) is 2.53. The molecule has 1 aromatic heterocycles. The van der Waals surface area contributed by atoms with Gasteiger partial charge in [0.1, 0.15) is 10.5 Å². The number of benzene rings is 2. The molecule has 1 heterocycles. The summed E-state index contributed by atoms with van der Waals surface area (Å²) in [7, 11) is -4.41. The van der Waals surface area contributed by atoms with Gasteiger partial charge >= 0.3 is 5.63 Å². The van der Waals surface area contributed by atoms with E-state index in [2.05, 4.69) is 4.99 Å². The highest BCUT2D eigenvalue weighted by Crippen LogP contribution is 2.24. The summed E-state index contributed by atoms with van der Waals surface area (Å²) in [6, 6.07) is 14.4. The molecule has 0 spiro atoms. The molecule has 0 fully saturated rings. The van der Waals surface area contributed by atoms with Crippen molar-refractivity contribution in [1.29, 1.82) is 0 Å². The van der Waals surface area contributed by atoms with Gasteiger partial charge in [0.15, 0.2) is 0 Å². The van der Waals surface area contributed by atoms with Crippen LogP contribution in [0.15, 0.2) is 73.7 Å². The zero-order chi connectivity index (χ0) is 17.3. The van der Waals surface area contributed by atoms with Gasteiger partial charge in [-0.05, 0) is 31.2 Å². The first-order valence-corrected chi connectivity index (χ1v) is 8.45. The van der Waals surface area contributed by atoms with Gasteiger partial charge in [0.25, 0.3) is 10.1 Å². The molecule has 0 aliphatic carbocycles. The fraction of sp³-hybridized carbons (Fsp3) is 0.0588. The van der Waals surface area contributed by atoms with E-state index < -0.39 is 15.7 Å². The molecule has 3 rings (SSSR count). The van der Waals surface area contributed by atoms with Crippen LogP contribution < -0.4 is 5.63 Å². The van der Waals surface area contributed by atoms with Crippen molar-refractivity contribution in [2.45, 2.75) is 11.8 Å². The normalized spacial score (nSPS) is 12.5. The number of aliphatic imine (C=N–C) groups is 1. The van der Waals surface area contributed by atoms with Crippen molar-refractivity contribution in [3.05, 3.63) is 70.6 Å². The highest BCUT2D eigenvalue weighted by Gasteiger charge is 2.15. The highest BCUT2D eigenvalue weighted by atomic mass is 32.2. The number of hydrogen-bond donors (Lipinski definition) is 1. The Morgan fingerprint density at radius 1 is 1.08 bits per heavy atom. The Kier molecular flexibility index (Phi) is 4.04. The molecule has 0 amide bonds. The van der Waals surface area contributed by atoms with E-state index in [1.54, 1.807) is 37.3 Å². The van der Waals surface area contributed by atoms with Gasteiger partial charge in [0, 0.05) is 5.39 Å². The lowest BCUT2D eigenvalue weighted by Crippen LogP contribution is -2.12. The third-order valence-electron chi connectivity index (χ3n) is 3.46. The van der Waals surface area contributed by atoms with E-state index in [1.165, 1.54) is 18.2 Å². The molecule has 0 atom stereocenters. The summed E-state index contributed by atoms with van der Waals surface area (Å²) in [4.78, 5) is 16.0. The van der Waals surface area contributed by atoms with Crippen LogP contribution in [-0.4, -0.2) is 18.7 Å². The zero-order valence-corrected chi connectivity index (χ0v) is 13.4. The number of hydrogen-bond acceptors (Lipinski definition) is 5. The number of para-hydroxylation sites is 2. The molecule has 0 saturated carbocycles. The Hall–Kier alpha value is -2.77. The predicted octanol–water partition coefficient (Wildman–Crippen LogP) is 3.18. The van der Waals surface area contributed by atoms with Crippen molar-refractivity contribution in [3.8, 4) is 0 Å². The van der Waals surface area contributed by atoms with Crippen LogP contribution in [-0.2, 0) is 10.1 Å². The lowest BCUT2D eigenvalue weighted by molar-refractivity contribution is 0.483. The van der Waals surface area contributed by atoms with Gasteiger partial charge in [-0.25, -0.2) is 4.79 Å². The van der Waals surface area contributed by atoms with Gasteiger partial charge in [-0.1, -0.05) is 30.3 Å². The van der Waals surface area contributed by atoms with Crippen molar-refractivity contribution in [3.63, 3.8) is 0 Å². The van der Waals surface area contributed by atoms with Crippen LogP contribution in [0.4, 0.5) is 5.69 Å². The van der Waals surface area contributed by atoms with E-state index in [0.29, 0.717) is 5.58 Å². The van der Waals surface area contributed by atoms with Crippen molar-refractivity contribution in [1.82, 2.24) is 0 Å². The summed E-state index contributed by atoms with van der Waals surface area (Å²) in [5, 5.41) is 0.727. The third kappa shape index (κ3) is 3.12. The molecule has 0 aliphatic rings. The van der Waals surface area contributed by atoms with Crippen LogP contribution >= 0.6 is 0 Å². The van der Waals surface area contributed by atoms with Crippen LogP contribution in [0, 0.1) is 0 Å². The molecule has 6 nitrogen and oxygen atoms in total. The Labute approximate surface area is 137 Å². The number of nitrogens with zero attached hydrogens (tertiary/aromatic N) is 1. The molecular formula is C17H13NO5S. The van der Waals surface area contributed by atoms with Gasteiger partial charge in [0.05, 0.1) is 17.0 Å². The first-order valence-electron chi connectivity index (χ1n) is 7.01.